The molecule has 1 aliphatic heterocycles. The van der Waals surface area contributed by atoms with Gasteiger partial charge in [-0.1, -0.05) is 0 Å². The molecule has 0 aliphatic carbocycles. The molecule has 1 aromatic rings. The lowest BCUT2D eigenvalue weighted by Gasteiger charge is -2.03. The largest absolute Gasteiger partial charge is 0.384 e. The van der Waals surface area contributed by atoms with E-state index in [0.29, 0.717) is 0 Å². The van der Waals surface area contributed by atoms with E-state index in [2.05, 4.69) is 23.5 Å². The first-order valence-electron chi connectivity index (χ1n) is 4.96. The zero-order valence-electron chi connectivity index (χ0n) is 8.05. The summed E-state index contributed by atoms with van der Waals surface area (Å²) in [5.74, 6) is 1.88. The summed E-state index contributed by atoms with van der Waals surface area (Å²) in [6, 6.07) is 6.68. The second-order valence-corrected chi connectivity index (χ2v) is 4.93. The summed E-state index contributed by atoms with van der Waals surface area (Å²) < 4.78 is 0. The highest BCUT2D eigenvalue weighted by molar-refractivity contribution is 7.99. The van der Waals surface area contributed by atoms with E-state index >= 15 is 0 Å². The van der Waals surface area contributed by atoms with Crippen LogP contribution in [0.15, 0.2) is 23.1 Å². The first-order chi connectivity index (χ1) is 6.90. The number of hydrogen-bond donors (Lipinski definition) is 1. The van der Waals surface area contributed by atoms with Gasteiger partial charge in [0.25, 0.3) is 0 Å². The molecule has 0 bridgehead atoms. The Hall–Kier alpha value is -0.340. The lowest BCUT2D eigenvalue weighted by Crippen LogP contribution is -1.90. The molecule has 0 aromatic heterocycles. The summed E-state index contributed by atoms with van der Waals surface area (Å²) in [7, 11) is 0. The molecular formula is C11H14ClNS. The fourth-order valence-electron chi connectivity index (χ4n) is 1.62. The van der Waals surface area contributed by atoms with E-state index < -0.39 is 0 Å². The molecule has 0 unspecified atom stereocenters. The molecule has 1 aliphatic rings. The van der Waals surface area contributed by atoms with Gasteiger partial charge in [0, 0.05) is 23.0 Å². The Kier molecular flexibility index (Phi) is 3.60. The number of hydrogen-bond acceptors (Lipinski definition) is 2. The first kappa shape index (κ1) is 10.2. The maximum absolute atomic E-state index is 5.64. The molecule has 0 atom stereocenters. The summed E-state index contributed by atoms with van der Waals surface area (Å²) in [5, 5.41) is 3.36. The maximum atomic E-state index is 5.64. The molecule has 0 saturated carbocycles. The van der Waals surface area contributed by atoms with Gasteiger partial charge in [-0.05, 0) is 42.4 Å². The highest BCUT2D eigenvalue weighted by Gasteiger charge is 2.09. The van der Waals surface area contributed by atoms with E-state index in [-0.39, 0.29) is 0 Å². The normalized spacial score (nSPS) is 13.8. The molecule has 0 saturated heterocycles. The van der Waals surface area contributed by atoms with Gasteiger partial charge in [0.2, 0.25) is 0 Å². The van der Waals surface area contributed by atoms with Gasteiger partial charge in [-0.3, -0.25) is 0 Å². The van der Waals surface area contributed by atoms with Gasteiger partial charge in [-0.2, -0.15) is 0 Å². The third-order valence-electron chi connectivity index (χ3n) is 2.33. The summed E-state index contributed by atoms with van der Waals surface area (Å²) >= 11 is 7.54. The molecule has 0 spiro atoms. The molecule has 2 rings (SSSR count). The third kappa shape index (κ3) is 2.37. The second-order valence-electron chi connectivity index (χ2n) is 3.39. The van der Waals surface area contributed by atoms with Gasteiger partial charge >= 0.3 is 0 Å². The molecule has 1 heterocycles. The Bertz CT molecular complexity index is 314. The SMILES string of the molecule is ClCCCSc1ccc2c(c1)CCN2. The van der Waals surface area contributed by atoms with Crippen LogP contribution in [0, 0.1) is 0 Å². The van der Waals surface area contributed by atoms with Crippen LogP contribution in [0.25, 0.3) is 0 Å². The predicted molar refractivity (Wildman–Crippen MR) is 64.7 cm³/mol. The van der Waals surface area contributed by atoms with Crippen LogP contribution in [0.4, 0.5) is 5.69 Å². The number of rotatable bonds is 4. The van der Waals surface area contributed by atoms with Crippen molar-refractivity contribution in [1.82, 2.24) is 0 Å². The summed E-state index contributed by atoms with van der Waals surface area (Å²) in [5.41, 5.74) is 2.77. The topological polar surface area (TPSA) is 12.0 Å². The van der Waals surface area contributed by atoms with Crippen molar-refractivity contribution >= 4 is 29.1 Å². The van der Waals surface area contributed by atoms with Crippen LogP contribution in [0.3, 0.4) is 0 Å². The number of anilines is 1. The number of benzene rings is 1. The van der Waals surface area contributed by atoms with Gasteiger partial charge in [-0.15, -0.1) is 23.4 Å². The van der Waals surface area contributed by atoms with Gasteiger partial charge in [0.1, 0.15) is 0 Å². The van der Waals surface area contributed by atoms with Crippen molar-refractivity contribution in [2.75, 3.05) is 23.5 Å². The molecule has 1 aromatic carbocycles. The van der Waals surface area contributed by atoms with Crippen molar-refractivity contribution in [3.05, 3.63) is 23.8 Å². The minimum Gasteiger partial charge on any atom is -0.384 e. The van der Waals surface area contributed by atoms with Crippen molar-refractivity contribution in [1.29, 1.82) is 0 Å². The summed E-state index contributed by atoms with van der Waals surface area (Å²) in [4.78, 5) is 1.37. The van der Waals surface area contributed by atoms with Crippen molar-refractivity contribution in [2.24, 2.45) is 0 Å². The number of thioether (sulfide) groups is 1. The number of nitrogens with one attached hydrogen (secondary N) is 1. The van der Waals surface area contributed by atoms with Crippen LogP contribution in [0.1, 0.15) is 12.0 Å². The number of alkyl halides is 1. The van der Waals surface area contributed by atoms with Crippen molar-refractivity contribution in [3.8, 4) is 0 Å². The fourth-order valence-corrected chi connectivity index (χ4v) is 2.82. The van der Waals surface area contributed by atoms with Crippen LogP contribution in [0.5, 0.6) is 0 Å². The number of halogens is 1. The summed E-state index contributed by atoms with van der Waals surface area (Å²) in [6.07, 6.45) is 2.25. The maximum Gasteiger partial charge on any atom is 0.0374 e. The highest BCUT2D eigenvalue weighted by Crippen LogP contribution is 2.28. The lowest BCUT2D eigenvalue weighted by atomic mass is 10.2. The minimum atomic E-state index is 0.763. The smallest absolute Gasteiger partial charge is 0.0374 e. The Balaban J connectivity index is 1.98. The molecule has 76 valence electrons. The molecule has 1 N–H and O–H groups in total. The van der Waals surface area contributed by atoms with Crippen molar-refractivity contribution in [3.63, 3.8) is 0 Å². The van der Waals surface area contributed by atoms with E-state index in [0.717, 1.165) is 24.6 Å². The van der Waals surface area contributed by atoms with Crippen LogP contribution in [0.2, 0.25) is 0 Å². The quantitative estimate of drug-likeness (QED) is 0.481. The average molecular weight is 228 g/mol. The molecular weight excluding hydrogens is 214 g/mol. The standard InChI is InChI=1S/C11H14ClNS/c12-5-1-7-14-10-2-3-11-9(8-10)4-6-13-11/h2-3,8,13H,1,4-7H2. The minimum absolute atomic E-state index is 0.763. The lowest BCUT2D eigenvalue weighted by molar-refractivity contribution is 1.10. The number of fused-ring (bicyclic) bond motifs is 1. The van der Waals surface area contributed by atoms with Gasteiger partial charge < -0.3 is 5.32 Å². The summed E-state index contributed by atoms with van der Waals surface area (Å²) in [6.45, 7) is 1.09. The zero-order chi connectivity index (χ0) is 9.80. The Morgan fingerprint density at radius 3 is 3.21 bits per heavy atom. The van der Waals surface area contributed by atoms with Crippen molar-refractivity contribution in [2.45, 2.75) is 17.7 Å². The van der Waals surface area contributed by atoms with Crippen LogP contribution in [-0.4, -0.2) is 18.2 Å². The predicted octanol–water partition coefficient (Wildman–Crippen LogP) is 3.38. The van der Waals surface area contributed by atoms with Gasteiger partial charge in [0.15, 0.2) is 0 Å². The van der Waals surface area contributed by atoms with Gasteiger partial charge in [0.05, 0.1) is 0 Å². The zero-order valence-corrected chi connectivity index (χ0v) is 9.63. The monoisotopic (exact) mass is 227 g/mol. The Labute approximate surface area is 94.2 Å². The first-order valence-corrected chi connectivity index (χ1v) is 6.48. The van der Waals surface area contributed by atoms with Crippen LogP contribution < -0.4 is 5.32 Å². The van der Waals surface area contributed by atoms with Gasteiger partial charge in [-0.25, -0.2) is 0 Å². The van der Waals surface area contributed by atoms with Crippen molar-refractivity contribution < 1.29 is 0 Å². The highest BCUT2D eigenvalue weighted by atomic mass is 35.5. The molecule has 14 heavy (non-hydrogen) atoms. The molecule has 1 nitrogen and oxygen atoms in total. The van der Waals surface area contributed by atoms with E-state index in [1.807, 2.05) is 11.8 Å². The Morgan fingerprint density at radius 2 is 2.36 bits per heavy atom. The fraction of sp³-hybridized carbons (Fsp3) is 0.455. The molecule has 0 amide bonds. The van der Waals surface area contributed by atoms with E-state index in [9.17, 15) is 0 Å². The average Bonchev–Trinajstić information content (AvgIpc) is 2.65. The van der Waals surface area contributed by atoms with E-state index in [4.69, 9.17) is 11.6 Å². The molecule has 3 heteroatoms. The molecule has 0 fully saturated rings. The Morgan fingerprint density at radius 1 is 1.43 bits per heavy atom. The molecule has 0 radical (unpaired) electrons. The second kappa shape index (κ2) is 4.94. The van der Waals surface area contributed by atoms with E-state index in [1.54, 1.807) is 0 Å². The van der Waals surface area contributed by atoms with Crippen LogP contribution >= 0.6 is 23.4 Å². The van der Waals surface area contributed by atoms with E-state index in [1.165, 1.54) is 22.6 Å². The third-order valence-corrected chi connectivity index (χ3v) is 3.68. The van der Waals surface area contributed by atoms with Crippen LogP contribution in [-0.2, 0) is 6.42 Å².